The summed E-state index contributed by atoms with van der Waals surface area (Å²) in [5, 5.41) is 10.6. The molecule has 3 aromatic rings. The Bertz CT molecular complexity index is 1370. The molecule has 5 rings (SSSR count). The van der Waals surface area contributed by atoms with Crippen LogP contribution in [-0.4, -0.2) is 81.9 Å². The third-order valence-corrected chi connectivity index (χ3v) is 10.1. The summed E-state index contributed by atoms with van der Waals surface area (Å²) in [5.74, 6) is -0.848. The Kier molecular flexibility index (Phi) is 13.6. The number of aliphatic hydroxyl groups is 1. The van der Waals surface area contributed by atoms with Crippen molar-refractivity contribution in [2.45, 2.75) is 121 Å². The first kappa shape index (κ1) is 37.8. The molecule has 0 aliphatic carbocycles. The molecule has 0 spiro atoms. The van der Waals surface area contributed by atoms with Crippen molar-refractivity contribution in [1.82, 2.24) is 0 Å². The zero-order valence-corrected chi connectivity index (χ0v) is 30.7. The fraction of sp³-hybridized carbons (Fsp3) is 0.538. The van der Waals surface area contributed by atoms with Gasteiger partial charge in [0.05, 0.1) is 26.4 Å². The second-order valence-electron chi connectivity index (χ2n) is 13.7. The average molecular weight is 695 g/mol. The Balaban J connectivity index is 1.57. The van der Waals surface area contributed by atoms with E-state index in [0.29, 0.717) is 32.7 Å². The summed E-state index contributed by atoms with van der Waals surface area (Å²) in [6.07, 6.45) is -4.24. The van der Waals surface area contributed by atoms with Crippen LogP contribution in [0.3, 0.4) is 0 Å². The topological polar surface area (TPSA) is 94.1 Å². The number of rotatable bonds is 17. The van der Waals surface area contributed by atoms with Gasteiger partial charge in [0.2, 0.25) is 0 Å². The van der Waals surface area contributed by atoms with Crippen LogP contribution in [0.15, 0.2) is 91.0 Å². The normalized spacial score (nSPS) is 27.6. The van der Waals surface area contributed by atoms with Crippen molar-refractivity contribution < 1.29 is 42.7 Å². The molecule has 0 saturated carbocycles. The molecule has 1 N–H and O–H groups in total. The van der Waals surface area contributed by atoms with Crippen molar-refractivity contribution >= 4 is 8.32 Å². The highest BCUT2D eigenvalue weighted by Crippen LogP contribution is 2.41. The molecule has 2 saturated heterocycles. The van der Waals surface area contributed by atoms with Crippen molar-refractivity contribution in [1.29, 1.82) is 0 Å². The maximum atomic E-state index is 10.6. The Morgan fingerprint density at radius 2 is 1.14 bits per heavy atom. The van der Waals surface area contributed by atoms with E-state index < -0.39 is 63.1 Å². The van der Waals surface area contributed by atoms with Crippen LogP contribution in [0.1, 0.15) is 43.4 Å². The van der Waals surface area contributed by atoms with Gasteiger partial charge in [0.1, 0.15) is 42.7 Å². The van der Waals surface area contributed by atoms with Gasteiger partial charge >= 0.3 is 0 Å². The molecule has 49 heavy (non-hydrogen) atoms. The number of ether oxygens (including phenoxy) is 7. The largest absolute Gasteiger partial charge is 0.409 e. The van der Waals surface area contributed by atoms with E-state index in [1.54, 1.807) is 7.11 Å². The summed E-state index contributed by atoms with van der Waals surface area (Å²) in [5.41, 5.74) is 3.04. The monoisotopic (exact) mass is 694 g/mol. The van der Waals surface area contributed by atoms with Gasteiger partial charge < -0.3 is 42.7 Å². The van der Waals surface area contributed by atoms with Gasteiger partial charge in [0.15, 0.2) is 20.4 Å². The summed E-state index contributed by atoms with van der Waals surface area (Å²) >= 11 is 0. The van der Waals surface area contributed by atoms with E-state index in [2.05, 4.69) is 19.6 Å². The molecule has 2 fully saturated rings. The molecular formula is C39H54O9Si. The van der Waals surface area contributed by atoms with Gasteiger partial charge in [0.25, 0.3) is 0 Å². The highest BCUT2D eigenvalue weighted by Gasteiger charge is 2.58. The van der Waals surface area contributed by atoms with Gasteiger partial charge in [-0.05, 0) is 49.2 Å². The highest BCUT2D eigenvalue weighted by atomic mass is 28.4. The summed E-state index contributed by atoms with van der Waals surface area (Å²) < 4.78 is 53.5. The van der Waals surface area contributed by atoms with Crippen LogP contribution < -0.4 is 0 Å². The number of hydrogen-bond acceptors (Lipinski definition) is 9. The predicted octanol–water partition coefficient (Wildman–Crippen LogP) is 6.63. The number of benzene rings is 3. The summed E-state index contributed by atoms with van der Waals surface area (Å²) in [6.45, 7) is 11.2. The molecule has 0 aromatic heterocycles. The maximum absolute atomic E-state index is 10.6. The third-order valence-electron chi connectivity index (χ3n) is 9.10. The van der Waals surface area contributed by atoms with Crippen LogP contribution >= 0.6 is 0 Å². The molecule has 0 bridgehead atoms. The predicted molar refractivity (Wildman–Crippen MR) is 189 cm³/mol. The Labute approximate surface area is 292 Å². The van der Waals surface area contributed by atoms with Crippen molar-refractivity contribution in [3.05, 3.63) is 108 Å². The fourth-order valence-corrected chi connectivity index (χ4v) is 7.66. The van der Waals surface area contributed by atoms with Crippen molar-refractivity contribution in [3.8, 4) is 0 Å². The van der Waals surface area contributed by atoms with Gasteiger partial charge in [-0.15, -0.1) is 0 Å². The van der Waals surface area contributed by atoms with E-state index in [1.165, 1.54) is 0 Å². The molecule has 8 atom stereocenters. The standard InChI is InChI=1S/C39H54O9Si/c1-7-39(8-2)46-31(24-40)32(47-39)36(48-49(4,5)6)35-33(42-25-28-18-12-9-13-19-28)34(43-26-29-20-14-10-15-21-29)37(38(41-3)45-35)44-27-30-22-16-11-17-23-30/h9-23,31-38,40H,7-8,24-27H2,1-6H3/t31-,32-,33-,34-,35-,36-,37+,38-/m0/s1. The number of aliphatic hydroxyl groups excluding tert-OH is 1. The molecule has 268 valence electrons. The van der Waals surface area contributed by atoms with Crippen LogP contribution in [0, 0.1) is 0 Å². The fourth-order valence-electron chi connectivity index (χ4n) is 6.57. The zero-order valence-electron chi connectivity index (χ0n) is 29.7. The van der Waals surface area contributed by atoms with Crippen LogP contribution in [0.2, 0.25) is 19.6 Å². The van der Waals surface area contributed by atoms with E-state index >= 15 is 0 Å². The Morgan fingerprint density at radius 3 is 1.57 bits per heavy atom. The van der Waals surface area contributed by atoms with Gasteiger partial charge in [-0.1, -0.05) is 105 Å². The molecule has 0 amide bonds. The number of methoxy groups -OCH3 is 1. The molecular weight excluding hydrogens is 641 g/mol. The van der Waals surface area contributed by atoms with Gasteiger partial charge in [-0.2, -0.15) is 0 Å². The summed E-state index contributed by atoms with van der Waals surface area (Å²) in [6, 6.07) is 30.1. The first-order valence-corrected chi connectivity index (χ1v) is 20.9. The summed E-state index contributed by atoms with van der Waals surface area (Å²) in [7, 11) is -0.654. The first-order chi connectivity index (χ1) is 23.7. The second kappa shape index (κ2) is 17.6. The lowest BCUT2D eigenvalue weighted by molar-refractivity contribution is -0.333. The molecule has 10 heteroatoms. The molecule has 3 aromatic carbocycles. The number of hydrogen-bond donors (Lipinski definition) is 1. The van der Waals surface area contributed by atoms with E-state index in [1.807, 2.05) is 105 Å². The van der Waals surface area contributed by atoms with Crippen LogP contribution in [0.4, 0.5) is 0 Å². The van der Waals surface area contributed by atoms with Gasteiger partial charge in [-0.25, -0.2) is 0 Å². The van der Waals surface area contributed by atoms with Crippen molar-refractivity contribution in [2.75, 3.05) is 13.7 Å². The SMILES string of the molecule is CCC1(CC)O[C@H]([C@H](O[Si](C)(C)C)[C@H]2O[C@H](OC)[C@H](OCc3ccccc3)[C@@H](OCc3ccccc3)[C@@H]2OCc2ccccc2)[C@H](CO)O1. The first-order valence-electron chi connectivity index (χ1n) is 17.5. The molecule has 0 unspecified atom stereocenters. The summed E-state index contributed by atoms with van der Waals surface area (Å²) in [4.78, 5) is 0. The molecule has 2 aliphatic rings. The van der Waals surface area contributed by atoms with E-state index in [9.17, 15) is 5.11 Å². The highest BCUT2D eigenvalue weighted by molar-refractivity contribution is 6.69. The van der Waals surface area contributed by atoms with E-state index in [0.717, 1.165) is 16.7 Å². The van der Waals surface area contributed by atoms with Crippen molar-refractivity contribution in [2.24, 2.45) is 0 Å². The lowest BCUT2D eigenvalue weighted by Crippen LogP contribution is -2.66. The van der Waals surface area contributed by atoms with E-state index in [4.69, 9.17) is 37.6 Å². The van der Waals surface area contributed by atoms with Crippen LogP contribution in [0.25, 0.3) is 0 Å². The van der Waals surface area contributed by atoms with Gasteiger partial charge in [0, 0.05) is 7.11 Å². The average Bonchev–Trinajstić information content (AvgIpc) is 3.51. The third kappa shape index (κ3) is 9.86. The molecule has 2 aliphatic heterocycles. The molecule has 2 heterocycles. The second-order valence-corrected chi connectivity index (χ2v) is 18.2. The van der Waals surface area contributed by atoms with Crippen molar-refractivity contribution in [3.63, 3.8) is 0 Å². The quantitative estimate of drug-likeness (QED) is 0.156. The molecule has 0 radical (unpaired) electrons. The van der Waals surface area contributed by atoms with E-state index in [-0.39, 0.29) is 6.61 Å². The Morgan fingerprint density at radius 1 is 0.673 bits per heavy atom. The van der Waals surface area contributed by atoms with Gasteiger partial charge in [-0.3, -0.25) is 0 Å². The Hall–Kier alpha value is -2.48. The van der Waals surface area contributed by atoms with Crippen LogP contribution in [0.5, 0.6) is 0 Å². The minimum atomic E-state index is -2.26. The maximum Gasteiger partial charge on any atom is 0.186 e. The van der Waals surface area contributed by atoms with Crippen LogP contribution in [-0.2, 0) is 57.4 Å². The zero-order chi connectivity index (χ0) is 34.9. The minimum absolute atomic E-state index is 0.231. The molecule has 9 nitrogen and oxygen atoms in total. The smallest absolute Gasteiger partial charge is 0.186 e. The minimum Gasteiger partial charge on any atom is -0.409 e. The lowest BCUT2D eigenvalue weighted by Gasteiger charge is -2.49. The lowest BCUT2D eigenvalue weighted by atomic mass is 9.90.